The smallest absolute Gasteiger partial charge is 0.254 e. The van der Waals surface area contributed by atoms with Crippen molar-refractivity contribution in [3.05, 3.63) is 18.0 Å². The van der Waals surface area contributed by atoms with Gasteiger partial charge in [-0.2, -0.15) is 5.10 Å². The molecule has 0 unspecified atom stereocenters. The molecule has 0 bridgehead atoms. The van der Waals surface area contributed by atoms with Gasteiger partial charge in [0.25, 0.3) is 5.91 Å². The Morgan fingerprint density at radius 2 is 2.54 bits per heavy atom. The molecule has 0 aromatic carbocycles. The van der Waals surface area contributed by atoms with Crippen LogP contribution >= 0.6 is 0 Å². The van der Waals surface area contributed by atoms with Crippen LogP contribution < -0.4 is 10.6 Å². The van der Waals surface area contributed by atoms with E-state index in [2.05, 4.69) is 15.7 Å². The second-order valence-electron chi connectivity index (χ2n) is 3.23. The number of nitrogens with one attached hydrogen (secondary N) is 2. The number of carbonyl (C=O) groups is 1. The van der Waals surface area contributed by atoms with Gasteiger partial charge < -0.3 is 10.6 Å². The summed E-state index contributed by atoms with van der Waals surface area (Å²) in [4.78, 5) is 11.5. The second kappa shape index (κ2) is 3.18. The van der Waals surface area contributed by atoms with Crippen molar-refractivity contribution in [1.82, 2.24) is 20.4 Å². The van der Waals surface area contributed by atoms with Crippen LogP contribution in [0.25, 0.3) is 0 Å². The monoisotopic (exact) mass is 180 g/mol. The van der Waals surface area contributed by atoms with Gasteiger partial charge in [0.1, 0.15) is 0 Å². The molecular formula is C8H12N4O. The Morgan fingerprint density at radius 3 is 3.00 bits per heavy atom. The molecule has 5 heteroatoms. The molecule has 5 nitrogen and oxygen atoms in total. The van der Waals surface area contributed by atoms with Gasteiger partial charge in [0.15, 0.2) is 0 Å². The minimum absolute atomic E-state index is 0.0420. The predicted molar refractivity (Wildman–Crippen MR) is 47.3 cm³/mol. The van der Waals surface area contributed by atoms with Gasteiger partial charge in [-0.25, -0.2) is 0 Å². The van der Waals surface area contributed by atoms with E-state index in [1.807, 2.05) is 0 Å². The van der Waals surface area contributed by atoms with Crippen molar-refractivity contribution in [3.8, 4) is 0 Å². The van der Waals surface area contributed by atoms with Gasteiger partial charge >= 0.3 is 0 Å². The Kier molecular flexibility index (Phi) is 2.02. The minimum atomic E-state index is -0.0420. The van der Waals surface area contributed by atoms with E-state index in [4.69, 9.17) is 0 Å². The van der Waals surface area contributed by atoms with Crippen molar-refractivity contribution in [1.29, 1.82) is 0 Å². The molecule has 1 aromatic rings. The molecule has 70 valence electrons. The quantitative estimate of drug-likeness (QED) is 0.621. The first-order valence-corrected chi connectivity index (χ1v) is 4.26. The van der Waals surface area contributed by atoms with E-state index in [0.29, 0.717) is 5.56 Å². The van der Waals surface area contributed by atoms with Crippen molar-refractivity contribution in [2.45, 2.75) is 6.04 Å². The van der Waals surface area contributed by atoms with Crippen molar-refractivity contribution < 1.29 is 4.79 Å². The summed E-state index contributed by atoms with van der Waals surface area (Å²) >= 11 is 0. The number of rotatable bonds is 2. The summed E-state index contributed by atoms with van der Waals surface area (Å²) < 4.78 is 1.62. The number of aromatic nitrogens is 2. The third-order valence-electron chi connectivity index (χ3n) is 2.08. The Morgan fingerprint density at radius 1 is 1.77 bits per heavy atom. The van der Waals surface area contributed by atoms with Crippen LogP contribution in [0.1, 0.15) is 10.4 Å². The van der Waals surface area contributed by atoms with E-state index in [9.17, 15) is 4.79 Å². The highest BCUT2D eigenvalue weighted by atomic mass is 16.1. The molecule has 0 radical (unpaired) electrons. The van der Waals surface area contributed by atoms with Crippen LogP contribution in [0.15, 0.2) is 12.4 Å². The number of amides is 1. The lowest BCUT2D eigenvalue weighted by Crippen LogP contribution is -2.56. The highest BCUT2D eigenvalue weighted by molar-refractivity contribution is 5.93. The zero-order chi connectivity index (χ0) is 9.26. The lowest BCUT2D eigenvalue weighted by atomic mass is 10.2. The largest absolute Gasteiger partial charge is 0.347 e. The molecule has 2 rings (SSSR count). The molecule has 13 heavy (non-hydrogen) atoms. The molecular weight excluding hydrogens is 168 g/mol. The topological polar surface area (TPSA) is 59.0 Å². The maximum Gasteiger partial charge on any atom is 0.254 e. The third kappa shape index (κ3) is 1.70. The van der Waals surface area contributed by atoms with E-state index in [1.54, 1.807) is 24.1 Å². The van der Waals surface area contributed by atoms with Gasteiger partial charge in [-0.1, -0.05) is 0 Å². The zero-order valence-corrected chi connectivity index (χ0v) is 7.45. The van der Waals surface area contributed by atoms with Crippen LogP contribution in [0, 0.1) is 0 Å². The molecule has 1 aliphatic rings. The Balaban J connectivity index is 1.96. The fourth-order valence-corrected chi connectivity index (χ4v) is 1.20. The van der Waals surface area contributed by atoms with Gasteiger partial charge in [0, 0.05) is 26.3 Å². The first kappa shape index (κ1) is 8.25. The molecule has 1 aliphatic heterocycles. The van der Waals surface area contributed by atoms with Crippen LogP contribution in [0.3, 0.4) is 0 Å². The zero-order valence-electron chi connectivity index (χ0n) is 7.45. The van der Waals surface area contributed by atoms with E-state index in [0.717, 1.165) is 13.1 Å². The summed E-state index contributed by atoms with van der Waals surface area (Å²) in [6, 6.07) is 0.285. The maximum absolute atomic E-state index is 11.5. The molecule has 0 atom stereocenters. The maximum atomic E-state index is 11.5. The molecule has 0 saturated carbocycles. The van der Waals surface area contributed by atoms with Crippen LogP contribution in [-0.2, 0) is 7.05 Å². The lowest BCUT2D eigenvalue weighted by Gasteiger charge is -2.27. The average Bonchev–Trinajstić information content (AvgIpc) is 2.44. The second-order valence-corrected chi connectivity index (χ2v) is 3.23. The van der Waals surface area contributed by atoms with Gasteiger partial charge in [-0.05, 0) is 0 Å². The summed E-state index contributed by atoms with van der Waals surface area (Å²) in [6.45, 7) is 1.73. The normalized spacial score (nSPS) is 16.7. The molecule has 0 aliphatic carbocycles. The van der Waals surface area contributed by atoms with Crippen molar-refractivity contribution in [3.63, 3.8) is 0 Å². The van der Waals surface area contributed by atoms with Crippen LogP contribution in [-0.4, -0.2) is 34.8 Å². The summed E-state index contributed by atoms with van der Waals surface area (Å²) in [6.07, 6.45) is 3.28. The summed E-state index contributed by atoms with van der Waals surface area (Å²) in [5.74, 6) is -0.0420. The van der Waals surface area contributed by atoms with Gasteiger partial charge in [-0.3, -0.25) is 9.48 Å². The summed E-state index contributed by atoms with van der Waals surface area (Å²) in [5.41, 5.74) is 0.620. The number of carbonyl (C=O) groups excluding carboxylic acids is 1. The van der Waals surface area contributed by atoms with Crippen LogP contribution in [0.4, 0.5) is 0 Å². The molecule has 1 amide bonds. The Labute approximate surface area is 76.1 Å². The van der Waals surface area contributed by atoms with Gasteiger partial charge in [0.2, 0.25) is 0 Å². The Hall–Kier alpha value is -1.36. The van der Waals surface area contributed by atoms with Crippen LogP contribution in [0.5, 0.6) is 0 Å². The molecule has 2 N–H and O–H groups in total. The van der Waals surface area contributed by atoms with E-state index < -0.39 is 0 Å². The van der Waals surface area contributed by atoms with Crippen molar-refractivity contribution >= 4 is 5.91 Å². The summed E-state index contributed by atoms with van der Waals surface area (Å²) in [5, 5.41) is 9.91. The van der Waals surface area contributed by atoms with E-state index in [-0.39, 0.29) is 11.9 Å². The number of aryl methyl sites for hydroxylation is 1. The standard InChI is InChI=1S/C8H12N4O/c1-12-5-6(2-10-12)8(13)11-7-3-9-4-7/h2,5,7,9H,3-4H2,1H3,(H,11,13). The molecule has 1 saturated heterocycles. The van der Waals surface area contributed by atoms with Crippen molar-refractivity contribution in [2.24, 2.45) is 7.05 Å². The van der Waals surface area contributed by atoms with Crippen LogP contribution in [0.2, 0.25) is 0 Å². The lowest BCUT2D eigenvalue weighted by molar-refractivity contribution is 0.0924. The minimum Gasteiger partial charge on any atom is -0.347 e. The van der Waals surface area contributed by atoms with Gasteiger partial charge in [-0.15, -0.1) is 0 Å². The Bertz CT molecular complexity index is 316. The predicted octanol–water partition coefficient (Wildman–Crippen LogP) is -0.878. The average molecular weight is 180 g/mol. The van der Waals surface area contributed by atoms with Gasteiger partial charge in [0.05, 0.1) is 17.8 Å². The first-order chi connectivity index (χ1) is 6.25. The number of hydrogen-bond donors (Lipinski definition) is 2. The number of nitrogens with zero attached hydrogens (tertiary/aromatic N) is 2. The fourth-order valence-electron chi connectivity index (χ4n) is 1.20. The first-order valence-electron chi connectivity index (χ1n) is 4.26. The number of hydrogen-bond acceptors (Lipinski definition) is 3. The third-order valence-corrected chi connectivity index (χ3v) is 2.08. The molecule has 2 heterocycles. The SMILES string of the molecule is Cn1cc(C(=O)NC2CNC2)cn1. The molecule has 1 fully saturated rings. The highest BCUT2D eigenvalue weighted by Gasteiger charge is 2.19. The fraction of sp³-hybridized carbons (Fsp3) is 0.500. The highest BCUT2D eigenvalue weighted by Crippen LogP contribution is 1.98. The van der Waals surface area contributed by atoms with E-state index >= 15 is 0 Å². The molecule has 1 aromatic heterocycles. The van der Waals surface area contributed by atoms with E-state index in [1.165, 1.54) is 0 Å². The molecule has 0 spiro atoms. The summed E-state index contributed by atoms with van der Waals surface area (Å²) in [7, 11) is 1.79. The van der Waals surface area contributed by atoms with Crippen molar-refractivity contribution in [2.75, 3.05) is 13.1 Å².